The van der Waals surface area contributed by atoms with Gasteiger partial charge in [0.15, 0.2) is 0 Å². The van der Waals surface area contributed by atoms with Crippen molar-refractivity contribution in [1.29, 1.82) is 0 Å². The minimum Gasteiger partial charge on any atom is -0.315 e. The monoisotopic (exact) mass is 301 g/mol. The summed E-state index contributed by atoms with van der Waals surface area (Å²) in [6.07, 6.45) is 1.34. The maximum Gasteiger partial charge on any atom is 0.242 e. The first-order valence-corrected chi connectivity index (χ1v) is 7.99. The Labute approximate surface area is 115 Å². The molecular weight excluding hydrogens is 286 g/mol. The molecule has 0 aliphatic carbocycles. The van der Waals surface area contributed by atoms with Crippen molar-refractivity contribution in [3.63, 3.8) is 0 Å². The Hall–Kier alpha value is -1.29. The van der Waals surface area contributed by atoms with Crippen molar-refractivity contribution >= 4 is 21.4 Å². The molecule has 7 nitrogen and oxygen atoms in total. The number of hydrogen-bond acceptors (Lipinski definition) is 6. The topological polar surface area (TPSA) is 99.8 Å². The fraction of sp³-hybridized carbons (Fsp3) is 0.400. The quantitative estimate of drug-likeness (QED) is 0.726. The van der Waals surface area contributed by atoms with Crippen LogP contribution >= 0.6 is 11.3 Å². The van der Waals surface area contributed by atoms with Gasteiger partial charge >= 0.3 is 0 Å². The number of thiophene rings is 1. The second-order valence-corrected chi connectivity index (χ2v) is 6.70. The summed E-state index contributed by atoms with van der Waals surface area (Å²) >= 11 is 1.41. The van der Waals surface area contributed by atoms with Crippen LogP contribution in [0.3, 0.4) is 0 Å². The van der Waals surface area contributed by atoms with Gasteiger partial charge in [0.2, 0.25) is 10.0 Å². The molecule has 2 heterocycles. The Morgan fingerprint density at radius 2 is 2.32 bits per heavy atom. The van der Waals surface area contributed by atoms with Gasteiger partial charge in [-0.1, -0.05) is 0 Å². The zero-order valence-electron chi connectivity index (χ0n) is 10.5. The number of rotatable bonds is 6. The molecule has 0 aliphatic heterocycles. The Balaban J connectivity index is 2.13. The van der Waals surface area contributed by atoms with E-state index in [4.69, 9.17) is 0 Å². The van der Waals surface area contributed by atoms with Crippen LogP contribution in [0, 0.1) is 0 Å². The third kappa shape index (κ3) is 3.38. The molecule has 0 aromatic carbocycles. The van der Waals surface area contributed by atoms with Crippen LogP contribution in [-0.4, -0.2) is 30.6 Å². The van der Waals surface area contributed by atoms with Gasteiger partial charge in [-0.3, -0.25) is 5.10 Å². The SMILES string of the molecule is CNCc1cc(S(=O)(=O)NC(C)c2ncn[nH]2)cs1. The molecule has 9 heteroatoms. The zero-order chi connectivity index (χ0) is 13.9. The largest absolute Gasteiger partial charge is 0.315 e. The van der Waals surface area contributed by atoms with Gasteiger partial charge in [-0.15, -0.1) is 11.3 Å². The third-order valence-electron chi connectivity index (χ3n) is 2.47. The second-order valence-electron chi connectivity index (χ2n) is 3.99. The summed E-state index contributed by atoms with van der Waals surface area (Å²) in [6, 6.07) is 1.21. The molecule has 2 aromatic heterocycles. The molecular formula is C10H15N5O2S2. The van der Waals surface area contributed by atoms with E-state index in [1.165, 1.54) is 17.7 Å². The van der Waals surface area contributed by atoms with Crippen molar-refractivity contribution in [2.45, 2.75) is 24.4 Å². The first-order chi connectivity index (χ1) is 9.03. The summed E-state index contributed by atoms with van der Waals surface area (Å²) in [7, 11) is -1.72. The highest BCUT2D eigenvalue weighted by molar-refractivity contribution is 7.89. The normalized spacial score (nSPS) is 13.6. The van der Waals surface area contributed by atoms with E-state index < -0.39 is 16.1 Å². The van der Waals surface area contributed by atoms with Gasteiger partial charge in [0.05, 0.1) is 10.9 Å². The molecule has 0 saturated heterocycles. The molecule has 0 aliphatic rings. The first kappa shape index (κ1) is 14.1. The van der Waals surface area contributed by atoms with E-state index >= 15 is 0 Å². The third-order valence-corrected chi connectivity index (χ3v) is 5.07. The summed E-state index contributed by atoms with van der Waals surface area (Å²) in [6.45, 7) is 2.36. The van der Waals surface area contributed by atoms with Crippen LogP contribution in [-0.2, 0) is 16.6 Å². The molecule has 104 valence electrons. The van der Waals surface area contributed by atoms with Gasteiger partial charge < -0.3 is 5.32 Å². The van der Waals surface area contributed by atoms with Crippen LogP contribution in [0.25, 0.3) is 0 Å². The van der Waals surface area contributed by atoms with Gasteiger partial charge in [0, 0.05) is 16.8 Å². The van der Waals surface area contributed by atoms with Gasteiger partial charge in [-0.05, 0) is 20.0 Å². The predicted octanol–water partition coefficient (Wildman–Crippen LogP) is 0.625. The van der Waals surface area contributed by atoms with Crippen molar-refractivity contribution in [2.24, 2.45) is 0 Å². The molecule has 3 N–H and O–H groups in total. The number of nitrogens with zero attached hydrogens (tertiary/aromatic N) is 2. The fourth-order valence-electron chi connectivity index (χ4n) is 1.55. The molecule has 2 aromatic rings. The average Bonchev–Trinajstić information content (AvgIpc) is 2.99. The molecule has 2 rings (SSSR count). The highest BCUT2D eigenvalue weighted by Gasteiger charge is 2.21. The molecule has 19 heavy (non-hydrogen) atoms. The molecule has 0 bridgehead atoms. The molecule has 0 spiro atoms. The van der Waals surface area contributed by atoms with Crippen LogP contribution in [0.4, 0.5) is 0 Å². The lowest BCUT2D eigenvalue weighted by atomic mass is 10.3. The molecule has 1 atom stereocenters. The number of nitrogens with one attached hydrogen (secondary N) is 3. The van der Waals surface area contributed by atoms with Crippen molar-refractivity contribution in [3.8, 4) is 0 Å². The van der Waals surface area contributed by atoms with E-state index in [0.29, 0.717) is 12.4 Å². The summed E-state index contributed by atoms with van der Waals surface area (Å²) < 4.78 is 26.9. The van der Waals surface area contributed by atoms with Crippen molar-refractivity contribution in [2.75, 3.05) is 7.05 Å². The number of hydrogen-bond donors (Lipinski definition) is 3. The minimum absolute atomic E-state index is 0.272. The maximum absolute atomic E-state index is 12.2. The summed E-state index contributed by atoms with van der Waals surface area (Å²) in [5.74, 6) is 0.481. The fourth-order valence-corrected chi connectivity index (χ4v) is 4.04. The van der Waals surface area contributed by atoms with Crippen molar-refractivity contribution in [3.05, 3.63) is 28.5 Å². The molecule has 0 fully saturated rings. The zero-order valence-corrected chi connectivity index (χ0v) is 12.2. The van der Waals surface area contributed by atoms with E-state index in [0.717, 1.165) is 4.88 Å². The Morgan fingerprint density at radius 1 is 1.53 bits per heavy atom. The molecule has 0 amide bonds. The maximum atomic E-state index is 12.2. The van der Waals surface area contributed by atoms with Crippen LogP contribution in [0.15, 0.2) is 22.7 Å². The van der Waals surface area contributed by atoms with Crippen LogP contribution in [0.1, 0.15) is 23.7 Å². The standard InChI is InChI=1S/C10H15N5O2S2/c1-7(10-12-6-13-14-10)15-19(16,17)9-3-8(4-11-2)18-5-9/h3,5-7,11,15H,4H2,1-2H3,(H,12,13,14). The van der Waals surface area contributed by atoms with E-state index in [1.54, 1.807) is 18.4 Å². The van der Waals surface area contributed by atoms with Gasteiger partial charge in [0.1, 0.15) is 12.2 Å². The van der Waals surface area contributed by atoms with E-state index in [-0.39, 0.29) is 4.90 Å². The number of sulfonamides is 1. The Morgan fingerprint density at radius 3 is 2.95 bits per heavy atom. The lowest BCUT2D eigenvalue weighted by Crippen LogP contribution is -2.27. The van der Waals surface area contributed by atoms with Gasteiger partial charge in [-0.2, -0.15) is 5.10 Å². The summed E-state index contributed by atoms with van der Waals surface area (Å²) in [5, 5.41) is 10.9. The van der Waals surface area contributed by atoms with Crippen molar-refractivity contribution in [1.82, 2.24) is 25.2 Å². The van der Waals surface area contributed by atoms with E-state index in [1.807, 2.05) is 7.05 Å². The minimum atomic E-state index is -3.54. The highest BCUT2D eigenvalue weighted by Crippen LogP contribution is 2.20. The number of aromatic nitrogens is 3. The Bertz CT molecular complexity index is 620. The number of H-pyrrole nitrogens is 1. The summed E-state index contributed by atoms with van der Waals surface area (Å²) in [4.78, 5) is 5.17. The number of aromatic amines is 1. The molecule has 0 saturated carbocycles. The smallest absolute Gasteiger partial charge is 0.242 e. The predicted molar refractivity (Wildman–Crippen MR) is 72.2 cm³/mol. The second kappa shape index (κ2) is 5.78. The lowest BCUT2D eigenvalue weighted by Gasteiger charge is -2.10. The van der Waals surface area contributed by atoms with Crippen LogP contribution in [0.5, 0.6) is 0 Å². The van der Waals surface area contributed by atoms with Crippen molar-refractivity contribution < 1.29 is 8.42 Å². The van der Waals surface area contributed by atoms with E-state index in [2.05, 4.69) is 25.2 Å². The average molecular weight is 301 g/mol. The Kier molecular flexibility index (Phi) is 4.30. The van der Waals surface area contributed by atoms with E-state index in [9.17, 15) is 8.42 Å². The highest BCUT2D eigenvalue weighted by atomic mass is 32.2. The summed E-state index contributed by atoms with van der Waals surface area (Å²) in [5.41, 5.74) is 0. The van der Waals surface area contributed by atoms with Crippen LogP contribution in [0.2, 0.25) is 0 Å². The molecule has 0 radical (unpaired) electrons. The first-order valence-electron chi connectivity index (χ1n) is 5.62. The lowest BCUT2D eigenvalue weighted by molar-refractivity contribution is 0.560. The van der Waals surface area contributed by atoms with Gasteiger partial charge in [-0.25, -0.2) is 18.1 Å². The molecule has 1 unspecified atom stereocenters. The van der Waals surface area contributed by atoms with Gasteiger partial charge in [0.25, 0.3) is 0 Å². The van der Waals surface area contributed by atoms with Crippen LogP contribution < -0.4 is 10.0 Å².